The van der Waals surface area contributed by atoms with E-state index in [0.29, 0.717) is 0 Å². The predicted molar refractivity (Wildman–Crippen MR) is 109 cm³/mol. The predicted octanol–water partition coefficient (Wildman–Crippen LogP) is 6.33. The Hall–Kier alpha value is -1.39. The Morgan fingerprint density at radius 3 is 1.77 bits per heavy atom. The van der Waals surface area contributed by atoms with Gasteiger partial charge in [-0.05, 0) is 59.7 Å². The highest BCUT2D eigenvalue weighted by Gasteiger charge is 2.13. The minimum atomic E-state index is -4.18. The molecule has 0 unspecified atom stereocenters. The minimum absolute atomic E-state index is 0.0112. The summed E-state index contributed by atoms with van der Waals surface area (Å²) < 4.78 is 32.6. The second-order valence-electron chi connectivity index (χ2n) is 7.19. The number of fused-ring (bicyclic) bond motifs is 1. The normalized spacial score (nSPS) is 12.0. The quantitative estimate of drug-likeness (QED) is 0.368. The standard InChI is InChI=1S/C22H32O3S/c1-3-5-7-9-11-18-13-14-19(12-10-8-6-4-2)22-17-20(26(23,24)25)15-16-21(18)22/h13-17H,3-12H2,1-2H3,(H,23,24,25). The number of hydrogen-bond donors (Lipinski definition) is 1. The molecule has 2 rings (SSSR count). The third-order valence-corrected chi connectivity index (χ3v) is 5.92. The van der Waals surface area contributed by atoms with Crippen LogP contribution in [0, 0.1) is 0 Å². The van der Waals surface area contributed by atoms with Crippen molar-refractivity contribution in [2.24, 2.45) is 0 Å². The summed E-state index contributed by atoms with van der Waals surface area (Å²) in [5.41, 5.74) is 2.45. The Bertz CT molecular complexity index is 809. The van der Waals surface area contributed by atoms with Gasteiger partial charge >= 0.3 is 0 Å². The first-order valence-corrected chi connectivity index (χ1v) is 11.4. The fraction of sp³-hybridized carbons (Fsp3) is 0.545. The molecule has 0 saturated heterocycles. The zero-order chi connectivity index (χ0) is 19.0. The molecule has 26 heavy (non-hydrogen) atoms. The van der Waals surface area contributed by atoms with Crippen LogP contribution in [0.5, 0.6) is 0 Å². The van der Waals surface area contributed by atoms with Crippen molar-refractivity contribution < 1.29 is 13.0 Å². The number of aryl methyl sites for hydroxylation is 2. The van der Waals surface area contributed by atoms with Crippen LogP contribution in [0.15, 0.2) is 35.2 Å². The van der Waals surface area contributed by atoms with E-state index >= 15 is 0 Å². The van der Waals surface area contributed by atoms with E-state index in [1.807, 2.05) is 6.07 Å². The van der Waals surface area contributed by atoms with Crippen LogP contribution in [0.25, 0.3) is 10.8 Å². The molecule has 0 aromatic heterocycles. The molecule has 4 heteroatoms. The molecule has 0 radical (unpaired) electrons. The van der Waals surface area contributed by atoms with Gasteiger partial charge < -0.3 is 0 Å². The molecule has 2 aromatic carbocycles. The van der Waals surface area contributed by atoms with Gasteiger partial charge in [0.2, 0.25) is 0 Å². The fourth-order valence-corrected chi connectivity index (χ4v) is 4.04. The topological polar surface area (TPSA) is 54.4 Å². The zero-order valence-electron chi connectivity index (χ0n) is 16.1. The lowest BCUT2D eigenvalue weighted by Gasteiger charge is -2.13. The summed E-state index contributed by atoms with van der Waals surface area (Å²) in [6.07, 6.45) is 11.5. The van der Waals surface area contributed by atoms with E-state index in [9.17, 15) is 13.0 Å². The van der Waals surface area contributed by atoms with Crippen LogP contribution in [0.1, 0.15) is 76.3 Å². The molecule has 0 aliphatic carbocycles. The highest BCUT2D eigenvalue weighted by Crippen LogP contribution is 2.28. The molecule has 0 aliphatic rings. The molecule has 0 heterocycles. The van der Waals surface area contributed by atoms with Crippen LogP contribution in [0.2, 0.25) is 0 Å². The second-order valence-corrected chi connectivity index (χ2v) is 8.61. The van der Waals surface area contributed by atoms with Crippen LogP contribution >= 0.6 is 0 Å². The molecule has 0 fully saturated rings. The van der Waals surface area contributed by atoms with Gasteiger partial charge in [-0.3, -0.25) is 4.55 Å². The SMILES string of the molecule is CCCCCCc1ccc(CCCCCC)c2cc(S(=O)(=O)O)ccc12. The molecule has 1 N–H and O–H groups in total. The van der Waals surface area contributed by atoms with Crippen molar-refractivity contribution in [3.8, 4) is 0 Å². The highest BCUT2D eigenvalue weighted by molar-refractivity contribution is 7.85. The van der Waals surface area contributed by atoms with Crippen molar-refractivity contribution >= 4 is 20.9 Å². The summed E-state index contributed by atoms with van der Waals surface area (Å²) in [5.74, 6) is 0. The molecule has 0 bridgehead atoms. The van der Waals surface area contributed by atoms with Gasteiger partial charge in [-0.15, -0.1) is 0 Å². The van der Waals surface area contributed by atoms with Crippen LogP contribution in [-0.4, -0.2) is 13.0 Å². The lowest BCUT2D eigenvalue weighted by atomic mass is 9.93. The number of hydrogen-bond acceptors (Lipinski definition) is 2. The van der Waals surface area contributed by atoms with Gasteiger partial charge in [-0.2, -0.15) is 8.42 Å². The van der Waals surface area contributed by atoms with Gasteiger partial charge in [-0.25, -0.2) is 0 Å². The summed E-state index contributed by atoms with van der Waals surface area (Å²) in [7, 11) is -4.18. The summed E-state index contributed by atoms with van der Waals surface area (Å²) in [6.45, 7) is 4.40. The molecule has 0 spiro atoms. The van der Waals surface area contributed by atoms with E-state index in [1.165, 1.54) is 55.7 Å². The molecule has 0 saturated carbocycles. The molecular formula is C22H32O3S. The third-order valence-electron chi connectivity index (χ3n) is 5.07. The first-order valence-electron chi connectivity index (χ1n) is 9.99. The summed E-state index contributed by atoms with van der Waals surface area (Å²) in [4.78, 5) is -0.0112. The van der Waals surface area contributed by atoms with Crippen LogP contribution < -0.4 is 0 Å². The van der Waals surface area contributed by atoms with Gasteiger partial charge in [0.05, 0.1) is 4.90 Å². The molecule has 0 aliphatic heterocycles. The van der Waals surface area contributed by atoms with Crippen LogP contribution in [-0.2, 0) is 23.0 Å². The van der Waals surface area contributed by atoms with Crippen molar-refractivity contribution in [1.29, 1.82) is 0 Å². The maximum absolute atomic E-state index is 11.6. The fourth-order valence-electron chi connectivity index (χ4n) is 3.53. The Labute approximate surface area is 158 Å². The van der Waals surface area contributed by atoms with E-state index in [1.54, 1.807) is 6.07 Å². The molecule has 144 valence electrons. The van der Waals surface area contributed by atoms with E-state index in [2.05, 4.69) is 26.0 Å². The Kier molecular flexibility index (Phi) is 8.11. The summed E-state index contributed by atoms with van der Waals surface area (Å²) in [6, 6.07) is 9.39. The van der Waals surface area contributed by atoms with Crippen LogP contribution in [0.4, 0.5) is 0 Å². The highest BCUT2D eigenvalue weighted by atomic mass is 32.2. The van der Waals surface area contributed by atoms with Gasteiger partial charge in [-0.1, -0.05) is 70.6 Å². The summed E-state index contributed by atoms with van der Waals surface area (Å²) >= 11 is 0. The lowest BCUT2D eigenvalue weighted by Crippen LogP contribution is -2.00. The molecule has 0 atom stereocenters. The van der Waals surface area contributed by atoms with Crippen molar-refractivity contribution in [1.82, 2.24) is 0 Å². The maximum atomic E-state index is 11.6. The van der Waals surface area contributed by atoms with Gasteiger partial charge in [0.25, 0.3) is 10.1 Å². The molecule has 2 aromatic rings. The number of rotatable bonds is 11. The molecule has 0 amide bonds. The second kappa shape index (κ2) is 10.1. The average Bonchev–Trinajstić information content (AvgIpc) is 2.62. The molecule has 3 nitrogen and oxygen atoms in total. The largest absolute Gasteiger partial charge is 0.294 e. The van der Waals surface area contributed by atoms with Crippen molar-refractivity contribution in [3.05, 3.63) is 41.5 Å². The number of unbranched alkanes of at least 4 members (excludes halogenated alkanes) is 6. The van der Waals surface area contributed by atoms with E-state index in [-0.39, 0.29) is 4.90 Å². The number of benzene rings is 2. The third kappa shape index (κ3) is 5.82. The lowest BCUT2D eigenvalue weighted by molar-refractivity contribution is 0.483. The van der Waals surface area contributed by atoms with Crippen LogP contribution in [0.3, 0.4) is 0 Å². The van der Waals surface area contributed by atoms with E-state index in [4.69, 9.17) is 0 Å². The zero-order valence-corrected chi connectivity index (χ0v) is 16.9. The first-order chi connectivity index (χ1) is 12.5. The van der Waals surface area contributed by atoms with Gasteiger partial charge in [0, 0.05) is 0 Å². The van der Waals surface area contributed by atoms with Crippen molar-refractivity contribution in [3.63, 3.8) is 0 Å². The van der Waals surface area contributed by atoms with Crippen molar-refractivity contribution in [2.75, 3.05) is 0 Å². The average molecular weight is 377 g/mol. The minimum Gasteiger partial charge on any atom is -0.282 e. The van der Waals surface area contributed by atoms with Gasteiger partial charge in [0.1, 0.15) is 0 Å². The Morgan fingerprint density at radius 1 is 0.731 bits per heavy atom. The Balaban J connectivity index is 2.34. The Morgan fingerprint density at radius 2 is 1.27 bits per heavy atom. The van der Waals surface area contributed by atoms with E-state index in [0.717, 1.165) is 36.5 Å². The van der Waals surface area contributed by atoms with Gasteiger partial charge in [0.15, 0.2) is 0 Å². The molecular weight excluding hydrogens is 344 g/mol. The monoisotopic (exact) mass is 376 g/mol. The van der Waals surface area contributed by atoms with Crippen molar-refractivity contribution in [2.45, 2.75) is 83.0 Å². The smallest absolute Gasteiger partial charge is 0.282 e. The maximum Gasteiger partial charge on any atom is 0.294 e. The first kappa shape index (κ1) is 20.9. The summed E-state index contributed by atoms with van der Waals surface area (Å²) in [5, 5.41) is 2.10. The van der Waals surface area contributed by atoms with E-state index < -0.39 is 10.1 Å².